The van der Waals surface area contributed by atoms with Crippen molar-refractivity contribution in [2.45, 2.75) is 39.0 Å². The Hall–Kier alpha value is -1.80. The summed E-state index contributed by atoms with van der Waals surface area (Å²) in [6, 6.07) is 0. The van der Waals surface area contributed by atoms with Crippen LogP contribution in [0.25, 0.3) is 9.40 Å². The Labute approximate surface area is 135 Å². The molecule has 116 valence electrons. The number of amides is 2. The molecule has 0 unspecified atom stereocenters. The fraction of sp³-hybridized carbons (Fsp3) is 0.429. The van der Waals surface area contributed by atoms with Crippen LogP contribution in [-0.2, 0) is 0 Å². The Bertz CT molecular complexity index is 781. The molecule has 0 aliphatic carbocycles. The van der Waals surface area contributed by atoms with Crippen molar-refractivity contribution in [1.29, 1.82) is 0 Å². The molecule has 2 aromatic heterocycles. The summed E-state index contributed by atoms with van der Waals surface area (Å²) < 4.78 is 0.982. The van der Waals surface area contributed by atoms with Gasteiger partial charge in [0, 0.05) is 0 Å². The predicted octanol–water partition coefficient (Wildman–Crippen LogP) is 2.75. The van der Waals surface area contributed by atoms with Crippen LogP contribution in [0.2, 0.25) is 0 Å². The van der Waals surface area contributed by atoms with Crippen molar-refractivity contribution in [1.82, 2.24) is 10.6 Å². The summed E-state index contributed by atoms with van der Waals surface area (Å²) in [4.78, 5) is 25.9. The van der Waals surface area contributed by atoms with Gasteiger partial charge in [0.2, 0.25) is 0 Å². The molecule has 2 aliphatic rings. The molecule has 0 saturated carbocycles. The lowest BCUT2D eigenvalue weighted by Crippen LogP contribution is -2.53. The monoisotopic (exact) mass is 336 g/mol. The largest absolute Gasteiger partial charge is 0.361 e. The Morgan fingerprint density at radius 1 is 0.727 bits per heavy atom. The minimum atomic E-state index is -0.515. The van der Waals surface area contributed by atoms with E-state index in [0.29, 0.717) is 9.75 Å². The van der Waals surface area contributed by atoms with Crippen molar-refractivity contribution in [2.24, 2.45) is 0 Å². The minimum absolute atomic E-state index is 0.0691. The van der Waals surface area contributed by atoms with Gasteiger partial charge in [-0.3, -0.25) is 9.59 Å². The van der Waals surface area contributed by atoms with Gasteiger partial charge in [-0.25, -0.2) is 0 Å². The van der Waals surface area contributed by atoms with E-state index in [9.17, 15) is 9.59 Å². The minimum Gasteiger partial charge on any atom is -0.361 e. The quantitative estimate of drug-likeness (QED) is 0.596. The van der Waals surface area contributed by atoms with Crippen LogP contribution in [-0.4, -0.2) is 23.1 Å². The van der Waals surface area contributed by atoms with E-state index in [2.05, 4.69) is 21.3 Å². The molecule has 0 radical (unpaired) electrons. The standard InChI is InChI=1S/C14H16N4O2S2/c1-13(2)15-6-5-7-9(11(20)18-14(3,4)16-7)22-12(5)21-8(6)10(19)17-13/h15-16H,1-4H3,(H,17,19)(H,18,20). The lowest BCUT2D eigenvalue weighted by Gasteiger charge is -2.35. The van der Waals surface area contributed by atoms with Crippen LogP contribution in [0.5, 0.6) is 0 Å². The van der Waals surface area contributed by atoms with Gasteiger partial charge in [0.05, 0.1) is 20.8 Å². The van der Waals surface area contributed by atoms with E-state index in [0.717, 1.165) is 20.8 Å². The molecule has 6 nitrogen and oxygen atoms in total. The predicted molar refractivity (Wildman–Crippen MR) is 90.0 cm³/mol. The molecule has 2 aliphatic heterocycles. The lowest BCUT2D eigenvalue weighted by molar-refractivity contribution is 0.0910. The maximum absolute atomic E-state index is 12.3. The van der Waals surface area contributed by atoms with Crippen LogP contribution < -0.4 is 21.3 Å². The molecule has 22 heavy (non-hydrogen) atoms. The Morgan fingerprint density at radius 2 is 1.14 bits per heavy atom. The van der Waals surface area contributed by atoms with Crippen LogP contribution in [0.4, 0.5) is 11.4 Å². The van der Waals surface area contributed by atoms with Gasteiger partial charge in [-0.2, -0.15) is 0 Å². The first-order valence-electron chi connectivity index (χ1n) is 6.97. The van der Waals surface area contributed by atoms with Crippen LogP contribution in [0.3, 0.4) is 0 Å². The molecule has 0 fully saturated rings. The van der Waals surface area contributed by atoms with Gasteiger partial charge in [0.1, 0.15) is 21.1 Å². The van der Waals surface area contributed by atoms with Crippen molar-refractivity contribution >= 4 is 55.3 Å². The summed E-state index contributed by atoms with van der Waals surface area (Å²) in [7, 11) is 0. The summed E-state index contributed by atoms with van der Waals surface area (Å²) >= 11 is 2.86. The second kappa shape index (κ2) is 3.94. The van der Waals surface area contributed by atoms with Crippen molar-refractivity contribution in [3.63, 3.8) is 0 Å². The van der Waals surface area contributed by atoms with E-state index in [1.54, 1.807) is 0 Å². The average Bonchev–Trinajstić information content (AvgIpc) is 2.85. The third kappa shape index (κ3) is 1.83. The van der Waals surface area contributed by atoms with Gasteiger partial charge in [0.25, 0.3) is 11.8 Å². The van der Waals surface area contributed by atoms with E-state index in [1.165, 1.54) is 22.7 Å². The van der Waals surface area contributed by atoms with E-state index >= 15 is 0 Å². The number of fused-ring (bicyclic) bond motifs is 5. The second-order valence-corrected chi connectivity index (χ2v) is 8.98. The van der Waals surface area contributed by atoms with E-state index in [1.807, 2.05) is 27.7 Å². The van der Waals surface area contributed by atoms with Gasteiger partial charge in [-0.1, -0.05) is 0 Å². The molecule has 2 amide bonds. The van der Waals surface area contributed by atoms with E-state index < -0.39 is 11.3 Å². The molecular weight excluding hydrogens is 320 g/mol. The zero-order valence-electron chi connectivity index (χ0n) is 12.6. The summed E-state index contributed by atoms with van der Waals surface area (Å²) in [6.07, 6.45) is 0. The topological polar surface area (TPSA) is 82.3 Å². The number of hydrogen-bond acceptors (Lipinski definition) is 6. The summed E-state index contributed by atoms with van der Waals surface area (Å²) in [5, 5.41) is 13.6. The second-order valence-electron chi connectivity index (χ2n) is 6.68. The zero-order chi connectivity index (χ0) is 15.9. The molecule has 2 aromatic rings. The van der Waals surface area contributed by atoms with Gasteiger partial charge in [0.15, 0.2) is 0 Å². The van der Waals surface area contributed by atoms with Crippen molar-refractivity contribution in [2.75, 3.05) is 10.6 Å². The number of carbonyl (C=O) groups excluding carboxylic acids is 2. The highest BCUT2D eigenvalue weighted by atomic mass is 32.2. The SMILES string of the molecule is CC1(C)NC(=O)c2sc3sc4c(c3c2N1)NC(C)(C)NC4=O. The smallest absolute Gasteiger partial charge is 0.265 e. The van der Waals surface area contributed by atoms with Crippen molar-refractivity contribution in [3.8, 4) is 0 Å². The molecule has 4 rings (SSSR count). The Balaban J connectivity index is 1.99. The van der Waals surface area contributed by atoms with Gasteiger partial charge in [-0.15, -0.1) is 22.7 Å². The molecular formula is C14H16N4O2S2. The number of thiophene rings is 2. The van der Waals surface area contributed by atoms with Crippen LogP contribution in [0, 0.1) is 0 Å². The summed E-state index contributed by atoms with van der Waals surface area (Å²) in [6.45, 7) is 7.67. The molecule has 0 atom stereocenters. The van der Waals surface area contributed by atoms with E-state index in [4.69, 9.17) is 0 Å². The first kappa shape index (κ1) is 13.8. The van der Waals surface area contributed by atoms with Gasteiger partial charge in [-0.05, 0) is 27.7 Å². The maximum atomic E-state index is 12.3. The maximum Gasteiger partial charge on any atom is 0.265 e. The number of rotatable bonds is 0. The fourth-order valence-corrected chi connectivity index (χ4v) is 5.34. The third-order valence-corrected chi connectivity index (χ3v) is 6.15. The van der Waals surface area contributed by atoms with Crippen LogP contribution >= 0.6 is 22.7 Å². The first-order valence-corrected chi connectivity index (χ1v) is 8.61. The number of carbonyl (C=O) groups is 2. The van der Waals surface area contributed by atoms with Gasteiger partial charge >= 0.3 is 0 Å². The Kier molecular flexibility index (Phi) is 2.47. The van der Waals surface area contributed by atoms with Crippen molar-refractivity contribution < 1.29 is 9.59 Å². The first-order chi connectivity index (χ1) is 10.2. The highest BCUT2D eigenvalue weighted by Gasteiger charge is 2.38. The van der Waals surface area contributed by atoms with Crippen LogP contribution in [0.15, 0.2) is 0 Å². The summed E-state index contributed by atoms with van der Waals surface area (Å²) in [5.41, 5.74) is 0.618. The normalized spacial score (nSPS) is 21.3. The van der Waals surface area contributed by atoms with Gasteiger partial charge < -0.3 is 21.3 Å². The molecule has 0 saturated heterocycles. The molecule has 0 spiro atoms. The summed E-state index contributed by atoms with van der Waals surface area (Å²) in [5.74, 6) is -0.138. The van der Waals surface area contributed by atoms with Crippen molar-refractivity contribution in [3.05, 3.63) is 9.75 Å². The highest BCUT2D eigenvalue weighted by Crippen LogP contribution is 2.50. The number of anilines is 2. The molecule has 0 bridgehead atoms. The molecule has 0 aromatic carbocycles. The third-order valence-electron chi connectivity index (χ3n) is 3.69. The fourth-order valence-electron chi connectivity index (χ4n) is 2.89. The van der Waals surface area contributed by atoms with Crippen LogP contribution in [0.1, 0.15) is 47.0 Å². The molecule has 8 heteroatoms. The molecule has 4 heterocycles. The highest BCUT2D eigenvalue weighted by molar-refractivity contribution is 7.40. The zero-order valence-corrected chi connectivity index (χ0v) is 14.3. The average molecular weight is 336 g/mol. The number of nitrogens with one attached hydrogen (secondary N) is 4. The Morgan fingerprint density at radius 3 is 1.55 bits per heavy atom. The van der Waals surface area contributed by atoms with E-state index in [-0.39, 0.29) is 11.8 Å². The number of hydrogen-bond donors (Lipinski definition) is 4. The molecule has 4 N–H and O–H groups in total. The lowest BCUT2D eigenvalue weighted by atomic mass is 10.1.